The van der Waals surface area contributed by atoms with Crippen LogP contribution in [0.5, 0.6) is 0 Å². The van der Waals surface area contributed by atoms with Crippen molar-refractivity contribution in [3.63, 3.8) is 0 Å². The van der Waals surface area contributed by atoms with Crippen molar-refractivity contribution < 1.29 is 0 Å². The van der Waals surface area contributed by atoms with Gasteiger partial charge in [-0.05, 0) is 73.9 Å². The predicted octanol–water partition coefficient (Wildman–Crippen LogP) is 5.22. The summed E-state index contributed by atoms with van der Waals surface area (Å²) < 4.78 is 0. The maximum absolute atomic E-state index is 6.01. The van der Waals surface area contributed by atoms with Crippen molar-refractivity contribution in [2.45, 2.75) is 38.9 Å². The van der Waals surface area contributed by atoms with Crippen LogP contribution in [0.2, 0.25) is 0 Å². The number of hydrogen-bond acceptors (Lipinski definition) is 4. The van der Waals surface area contributed by atoms with Crippen molar-refractivity contribution in [2.24, 2.45) is 17.2 Å². The fraction of sp³-hybridized carbons (Fsp3) is 0.250. The van der Waals surface area contributed by atoms with Crippen LogP contribution in [0.15, 0.2) is 72.8 Å². The third kappa shape index (κ3) is 4.42. The zero-order valence-corrected chi connectivity index (χ0v) is 16.8. The van der Waals surface area contributed by atoms with Crippen LogP contribution in [0.1, 0.15) is 55.6 Å². The second kappa shape index (κ2) is 8.57. The number of nitrogens with zero attached hydrogens (tertiary/aromatic N) is 1. The molecule has 0 aliphatic carbocycles. The van der Waals surface area contributed by atoms with E-state index in [4.69, 9.17) is 17.2 Å². The Morgan fingerprint density at radius 2 is 0.679 bits per heavy atom. The molecule has 4 heteroatoms. The van der Waals surface area contributed by atoms with Crippen molar-refractivity contribution in [3.05, 3.63) is 89.5 Å². The molecule has 0 amide bonds. The Balaban J connectivity index is 2.04. The van der Waals surface area contributed by atoms with Crippen LogP contribution >= 0.6 is 0 Å². The van der Waals surface area contributed by atoms with Crippen molar-refractivity contribution >= 4 is 17.1 Å². The molecule has 0 aromatic heterocycles. The topological polar surface area (TPSA) is 81.3 Å². The van der Waals surface area contributed by atoms with E-state index in [-0.39, 0.29) is 18.1 Å². The first kappa shape index (κ1) is 20.1. The number of rotatable bonds is 6. The third-order valence-electron chi connectivity index (χ3n) is 5.03. The molecule has 6 N–H and O–H groups in total. The first-order chi connectivity index (χ1) is 13.4. The normalized spacial score (nSPS) is 14.4. The lowest BCUT2D eigenvalue weighted by molar-refractivity contribution is 0.817. The van der Waals surface area contributed by atoms with E-state index in [2.05, 4.69) is 77.7 Å². The zero-order chi connectivity index (χ0) is 20.3. The number of hydrogen-bond donors (Lipinski definition) is 3. The Morgan fingerprint density at radius 3 is 0.857 bits per heavy atom. The van der Waals surface area contributed by atoms with Crippen molar-refractivity contribution in [1.29, 1.82) is 0 Å². The Morgan fingerprint density at radius 1 is 0.464 bits per heavy atom. The van der Waals surface area contributed by atoms with Crippen LogP contribution < -0.4 is 22.1 Å². The van der Waals surface area contributed by atoms with E-state index in [1.165, 1.54) is 0 Å². The van der Waals surface area contributed by atoms with Gasteiger partial charge in [-0.1, -0.05) is 36.4 Å². The van der Waals surface area contributed by atoms with Crippen LogP contribution in [0.3, 0.4) is 0 Å². The smallest absolute Gasteiger partial charge is 0.0461 e. The van der Waals surface area contributed by atoms with Gasteiger partial charge in [0.25, 0.3) is 0 Å². The first-order valence-electron chi connectivity index (χ1n) is 9.73. The summed E-state index contributed by atoms with van der Waals surface area (Å²) in [5, 5.41) is 0. The molecular weight excluding hydrogens is 344 g/mol. The van der Waals surface area contributed by atoms with E-state index >= 15 is 0 Å². The van der Waals surface area contributed by atoms with Crippen molar-refractivity contribution in [2.75, 3.05) is 4.90 Å². The molecule has 0 saturated carbocycles. The molecule has 0 fully saturated rings. The molecule has 0 radical (unpaired) electrons. The van der Waals surface area contributed by atoms with E-state index < -0.39 is 0 Å². The van der Waals surface area contributed by atoms with E-state index in [1.807, 2.05) is 20.8 Å². The highest BCUT2D eigenvalue weighted by molar-refractivity contribution is 5.76. The van der Waals surface area contributed by atoms with Gasteiger partial charge in [0.05, 0.1) is 0 Å². The molecule has 0 bridgehead atoms. The summed E-state index contributed by atoms with van der Waals surface area (Å²) in [4.78, 5) is 2.22. The van der Waals surface area contributed by atoms with Gasteiger partial charge in [-0.3, -0.25) is 0 Å². The van der Waals surface area contributed by atoms with E-state index in [1.54, 1.807) is 0 Å². The van der Waals surface area contributed by atoms with Crippen molar-refractivity contribution in [1.82, 2.24) is 0 Å². The Labute approximate surface area is 168 Å². The molecule has 3 aromatic rings. The van der Waals surface area contributed by atoms with Gasteiger partial charge in [0.15, 0.2) is 0 Å². The molecule has 0 aliphatic heterocycles. The second-order valence-corrected chi connectivity index (χ2v) is 7.48. The highest BCUT2D eigenvalue weighted by atomic mass is 15.1. The maximum Gasteiger partial charge on any atom is 0.0461 e. The molecule has 3 unspecified atom stereocenters. The third-order valence-corrected chi connectivity index (χ3v) is 5.03. The monoisotopic (exact) mass is 374 g/mol. The first-order valence-corrected chi connectivity index (χ1v) is 9.73. The summed E-state index contributed by atoms with van der Waals surface area (Å²) in [6, 6.07) is 25.2. The molecular formula is C24H30N4. The van der Waals surface area contributed by atoms with Gasteiger partial charge in [-0.25, -0.2) is 0 Å². The van der Waals surface area contributed by atoms with Crippen LogP contribution in [0, 0.1) is 0 Å². The van der Waals surface area contributed by atoms with Crippen LogP contribution in [0.25, 0.3) is 0 Å². The van der Waals surface area contributed by atoms with Crippen molar-refractivity contribution in [3.8, 4) is 0 Å². The number of nitrogens with two attached hydrogens (primary N) is 3. The minimum absolute atomic E-state index is 0.0122. The second-order valence-electron chi connectivity index (χ2n) is 7.48. The molecule has 3 rings (SSSR count). The van der Waals surface area contributed by atoms with Gasteiger partial charge in [0.2, 0.25) is 0 Å². The van der Waals surface area contributed by atoms with E-state index in [0.29, 0.717) is 0 Å². The molecule has 0 saturated heterocycles. The van der Waals surface area contributed by atoms with Crippen LogP contribution in [-0.4, -0.2) is 0 Å². The minimum atomic E-state index is 0.0122. The lowest BCUT2D eigenvalue weighted by Crippen LogP contribution is -2.12. The average Bonchev–Trinajstić information content (AvgIpc) is 2.69. The predicted molar refractivity (Wildman–Crippen MR) is 119 cm³/mol. The Hall–Kier alpha value is -2.66. The SMILES string of the molecule is CC(N)c1ccc(N(c2ccc(C(C)N)cc2)c2ccc(C(C)N)cc2)cc1. The van der Waals surface area contributed by atoms with Gasteiger partial charge >= 0.3 is 0 Å². The standard InChI is InChI=1S/C24H30N4/c1-16(25)19-4-10-22(11-5-19)28(23-12-6-20(7-13-23)17(2)26)24-14-8-21(9-15-24)18(3)27/h4-18H,25-27H2,1-3H3. The lowest BCUT2D eigenvalue weighted by atomic mass is 10.1. The lowest BCUT2D eigenvalue weighted by Gasteiger charge is -2.26. The molecule has 28 heavy (non-hydrogen) atoms. The highest BCUT2D eigenvalue weighted by Crippen LogP contribution is 2.35. The molecule has 0 spiro atoms. The molecule has 0 aliphatic rings. The summed E-state index contributed by atoms with van der Waals surface area (Å²) in [7, 11) is 0. The molecule has 146 valence electrons. The molecule has 3 aromatic carbocycles. The average molecular weight is 375 g/mol. The van der Waals surface area contributed by atoms with E-state index in [9.17, 15) is 0 Å². The molecule has 0 heterocycles. The van der Waals surface area contributed by atoms with Gasteiger partial charge in [-0.2, -0.15) is 0 Å². The Bertz CT molecular complexity index is 757. The zero-order valence-electron chi connectivity index (χ0n) is 16.8. The molecule has 3 atom stereocenters. The highest BCUT2D eigenvalue weighted by Gasteiger charge is 2.14. The van der Waals surface area contributed by atoms with Gasteiger partial charge in [0, 0.05) is 35.2 Å². The fourth-order valence-corrected chi connectivity index (χ4v) is 3.23. The summed E-state index contributed by atoms with van der Waals surface area (Å²) >= 11 is 0. The summed E-state index contributed by atoms with van der Waals surface area (Å²) in [6.07, 6.45) is 0. The van der Waals surface area contributed by atoms with E-state index in [0.717, 1.165) is 33.8 Å². The molecule has 4 nitrogen and oxygen atoms in total. The minimum Gasteiger partial charge on any atom is -0.324 e. The van der Waals surface area contributed by atoms with Gasteiger partial charge < -0.3 is 22.1 Å². The summed E-state index contributed by atoms with van der Waals surface area (Å²) in [5.41, 5.74) is 24.6. The Kier molecular flexibility index (Phi) is 6.15. The van der Waals surface area contributed by atoms with Gasteiger partial charge in [-0.15, -0.1) is 0 Å². The summed E-state index contributed by atoms with van der Waals surface area (Å²) in [6.45, 7) is 5.98. The number of anilines is 3. The quantitative estimate of drug-likeness (QED) is 0.553. The fourth-order valence-electron chi connectivity index (χ4n) is 3.23. The number of benzene rings is 3. The van der Waals surface area contributed by atoms with Crippen LogP contribution in [0.4, 0.5) is 17.1 Å². The summed E-state index contributed by atoms with van der Waals surface area (Å²) in [5.74, 6) is 0. The largest absolute Gasteiger partial charge is 0.324 e. The van der Waals surface area contributed by atoms with Gasteiger partial charge in [0.1, 0.15) is 0 Å². The van der Waals surface area contributed by atoms with Crippen LogP contribution in [-0.2, 0) is 0 Å². The maximum atomic E-state index is 6.01.